The molecule has 1 aromatic carbocycles. The van der Waals surface area contributed by atoms with E-state index in [-0.39, 0.29) is 12.4 Å². The third-order valence-electron chi connectivity index (χ3n) is 4.39. The highest BCUT2D eigenvalue weighted by Crippen LogP contribution is 2.29. The standard InChI is InChI=1S/C20H20N4O2.ClH/c1-25-17-6-5-16(14-24-11-9-21-10-12-24)20-19(17)23-18(26-20)7-4-15-3-2-8-22-13-15;/h2-3,5-6,8,13,21H,9-12,14H2,1H3;1H. The number of benzene rings is 1. The van der Waals surface area contributed by atoms with Gasteiger partial charge in [0.25, 0.3) is 5.89 Å². The number of oxazole rings is 1. The Kier molecular flexibility index (Phi) is 6.30. The van der Waals surface area contributed by atoms with Crippen molar-refractivity contribution in [3.8, 4) is 17.6 Å². The highest BCUT2D eigenvalue weighted by Gasteiger charge is 2.17. The Bertz CT molecular complexity index is 957. The number of piperazine rings is 1. The molecule has 0 spiro atoms. The number of rotatable bonds is 3. The van der Waals surface area contributed by atoms with Crippen molar-refractivity contribution in [3.63, 3.8) is 0 Å². The maximum Gasteiger partial charge on any atom is 0.274 e. The van der Waals surface area contributed by atoms with E-state index in [1.807, 2.05) is 24.3 Å². The molecule has 6 nitrogen and oxygen atoms in total. The van der Waals surface area contributed by atoms with E-state index in [4.69, 9.17) is 9.15 Å². The number of methoxy groups -OCH3 is 1. The number of halogens is 1. The van der Waals surface area contributed by atoms with Crippen LogP contribution in [0, 0.1) is 11.8 Å². The van der Waals surface area contributed by atoms with E-state index in [9.17, 15) is 0 Å². The van der Waals surface area contributed by atoms with Gasteiger partial charge in [-0.05, 0) is 24.1 Å². The first-order valence-electron chi connectivity index (χ1n) is 8.65. The number of fused-ring (bicyclic) bond motifs is 1. The first kappa shape index (κ1) is 19.2. The predicted molar refractivity (Wildman–Crippen MR) is 106 cm³/mol. The van der Waals surface area contributed by atoms with Crippen LogP contribution in [0.15, 0.2) is 41.1 Å². The van der Waals surface area contributed by atoms with Crippen LogP contribution >= 0.6 is 12.4 Å². The molecule has 1 fully saturated rings. The van der Waals surface area contributed by atoms with Crippen LogP contribution in [0.1, 0.15) is 17.0 Å². The minimum absolute atomic E-state index is 0. The van der Waals surface area contributed by atoms with Crippen molar-refractivity contribution >= 4 is 23.5 Å². The summed E-state index contributed by atoms with van der Waals surface area (Å²) in [5.74, 6) is 7.10. The highest BCUT2D eigenvalue weighted by molar-refractivity contribution is 5.85. The number of pyridine rings is 1. The van der Waals surface area contributed by atoms with E-state index in [2.05, 4.69) is 32.0 Å². The van der Waals surface area contributed by atoms with Crippen molar-refractivity contribution in [2.45, 2.75) is 6.54 Å². The molecule has 3 heterocycles. The topological polar surface area (TPSA) is 63.4 Å². The van der Waals surface area contributed by atoms with Crippen LogP contribution in [0.2, 0.25) is 0 Å². The summed E-state index contributed by atoms with van der Waals surface area (Å²) in [6.45, 7) is 4.90. The fourth-order valence-electron chi connectivity index (χ4n) is 3.05. The summed E-state index contributed by atoms with van der Waals surface area (Å²) in [5.41, 5.74) is 3.39. The van der Waals surface area contributed by atoms with Gasteiger partial charge in [-0.15, -0.1) is 12.4 Å². The molecular formula is C20H21ClN4O2. The summed E-state index contributed by atoms with van der Waals surface area (Å²) in [6, 6.07) is 7.75. The summed E-state index contributed by atoms with van der Waals surface area (Å²) >= 11 is 0. The van der Waals surface area contributed by atoms with Crippen molar-refractivity contribution in [1.82, 2.24) is 20.2 Å². The van der Waals surface area contributed by atoms with Gasteiger partial charge in [0.15, 0.2) is 11.1 Å². The Morgan fingerprint density at radius 1 is 1.22 bits per heavy atom. The first-order chi connectivity index (χ1) is 12.8. The number of hydrogen-bond donors (Lipinski definition) is 1. The van der Waals surface area contributed by atoms with Gasteiger partial charge in [-0.1, -0.05) is 12.0 Å². The van der Waals surface area contributed by atoms with E-state index < -0.39 is 0 Å². The number of aromatic nitrogens is 2. The molecule has 0 bridgehead atoms. The summed E-state index contributed by atoms with van der Waals surface area (Å²) in [7, 11) is 1.64. The zero-order valence-electron chi connectivity index (χ0n) is 15.1. The molecule has 140 valence electrons. The quantitative estimate of drug-likeness (QED) is 0.700. The van der Waals surface area contributed by atoms with Crippen molar-refractivity contribution in [2.24, 2.45) is 0 Å². The lowest BCUT2D eigenvalue weighted by Gasteiger charge is -2.27. The number of nitrogens with zero attached hydrogens (tertiary/aromatic N) is 3. The van der Waals surface area contributed by atoms with Crippen molar-refractivity contribution in [1.29, 1.82) is 0 Å². The fraction of sp³-hybridized carbons (Fsp3) is 0.300. The Morgan fingerprint density at radius 2 is 2.07 bits per heavy atom. The third kappa shape index (κ3) is 4.40. The Hall–Kier alpha value is -2.59. The van der Waals surface area contributed by atoms with Gasteiger partial charge in [0.1, 0.15) is 5.75 Å². The largest absolute Gasteiger partial charge is 0.494 e. The van der Waals surface area contributed by atoms with Crippen LogP contribution < -0.4 is 10.1 Å². The average molecular weight is 385 g/mol. The van der Waals surface area contributed by atoms with Crippen LogP contribution in [0.4, 0.5) is 0 Å². The molecule has 27 heavy (non-hydrogen) atoms. The minimum Gasteiger partial charge on any atom is -0.494 e. The summed E-state index contributed by atoms with van der Waals surface area (Å²) in [6.07, 6.45) is 3.43. The normalized spacial score (nSPS) is 14.3. The summed E-state index contributed by atoms with van der Waals surface area (Å²) < 4.78 is 11.4. The maximum atomic E-state index is 5.98. The molecule has 7 heteroatoms. The van der Waals surface area contributed by atoms with E-state index in [1.54, 1.807) is 19.5 Å². The van der Waals surface area contributed by atoms with Crippen molar-refractivity contribution in [2.75, 3.05) is 33.3 Å². The molecule has 0 atom stereocenters. The second kappa shape index (κ2) is 8.87. The molecule has 1 saturated heterocycles. The minimum atomic E-state index is 0. The van der Waals surface area contributed by atoms with Crippen LogP contribution in [0.25, 0.3) is 11.1 Å². The average Bonchev–Trinajstić information content (AvgIpc) is 3.13. The number of nitrogens with one attached hydrogen (secondary N) is 1. The fourth-order valence-corrected chi connectivity index (χ4v) is 3.05. The van der Waals surface area contributed by atoms with E-state index in [0.29, 0.717) is 11.6 Å². The van der Waals surface area contributed by atoms with Gasteiger partial charge >= 0.3 is 0 Å². The number of hydrogen-bond acceptors (Lipinski definition) is 6. The van der Waals surface area contributed by atoms with Gasteiger partial charge in [0.2, 0.25) is 0 Å². The molecule has 0 aliphatic carbocycles. The van der Waals surface area contributed by atoms with Crippen LogP contribution in [-0.2, 0) is 6.54 Å². The van der Waals surface area contributed by atoms with Gasteiger partial charge in [0.05, 0.1) is 7.11 Å². The molecule has 0 unspecified atom stereocenters. The van der Waals surface area contributed by atoms with Gasteiger partial charge in [-0.25, -0.2) is 0 Å². The van der Waals surface area contributed by atoms with Crippen LogP contribution in [0.3, 0.4) is 0 Å². The van der Waals surface area contributed by atoms with E-state index in [0.717, 1.165) is 55.0 Å². The van der Waals surface area contributed by atoms with Crippen LogP contribution in [0.5, 0.6) is 5.75 Å². The highest BCUT2D eigenvalue weighted by atomic mass is 35.5. The Balaban J connectivity index is 0.00000210. The molecule has 3 aromatic rings. The molecule has 1 aliphatic heterocycles. The molecule has 1 aliphatic rings. The van der Waals surface area contributed by atoms with Crippen molar-refractivity contribution in [3.05, 3.63) is 53.7 Å². The smallest absolute Gasteiger partial charge is 0.274 e. The van der Waals surface area contributed by atoms with E-state index in [1.165, 1.54) is 0 Å². The molecule has 0 radical (unpaired) electrons. The van der Waals surface area contributed by atoms with Gasteiger partial charge in [-0.2, -0.15) is 4.98 Å². The predicted octanol–water partition coefficient (Wildman–Crippen LogP) is 2.46. The first-order valence-corrected chi connectivity index (χ1v) is 8.65. The molecule has 2 aromatic heterocycles. The van der Waals surface area contributed by atoms with Gasteiger partial charge in [-0.3, -0.25) is 9.88 Å². The zero-order valence-corrected chi connectivity index (χ0v) is 15.9. The molecular weight excluding hydrogens is 364 g/mol. The molecule has 0 saturated carbocycles. The Morgan fingerprint density at radius 3 is 2.81 bits per heavy atom. The summed E-state index contributed by atoms with van der Waals surface area (Å²) in [4.78, 5) is 11.0. The lowest BCUT2D eigenvalue weighted by molar-refractivity contribution is 0.233. The number of ether oxygens (including phenoxy) is 1. The lowest BCUT2D eigenvalue weighted by Crippen LogP contribution is -2.42. The monoisotopic (exact) mass is 384 g/mol. The SMILES string of the molecule is COc1ccc(CN2CCNCC2)c2oc(C#Cc3cccnc3)nc12.Cl. The molecule has 1 N–H and O–H groups in total. The van der Waals surface area contributed by atoms with Gasteiger partial charge in [0, 0.05) is 56.2 Å². The Labute approximate surface area is 164 Å². The second-order valence-electron chi connectivity index (χ2n) is 6.14. The van der Waals surface area contributed by atoms with Crippen LogP contribution in [-0.4, -0.2) is 48.2 Å². The second-order valence-corrected chi connectivity index (χ2v) is 6.14. The maximum absolute atomic E-state index is 5.98. The van der Waals surface area contributed by atoms with E-state index >= 15 is 0 Å². The van der Waals surface area contributed by atoms with Crippen molar-refractivity contribution < 1.29 is 9.15 Å². The molecule has 0 amide bonds. The molecule has 4 rings (SSSR count). The third-order valence-corrected chi connectivity index (χ3v) is 4.39. The summed E-state index contributed by atoms with van der Waals surface area (Å²) in [5, 5.41) is 3.37. The zero-order chi connectivity index (χ0) is 17.8. The lowest BCUT2D eigenvalue weighted by atomic mass is 10.1. The van der Waals surface area contributed by atoms with Gasteiger partial charge < -0.3 is 14.5 Å².